The summed E-state index contributed by atoms with van der Waals surface area (Å²) in [6.45, 7) is 5.56. The van der Waals surface area contributed by atoms with Crippen LogP contribution in [0.15, 0.2) is 28.0 Å². The topological polar surface area (TPSA) is 71.6 Å². The van der Waals surface area contributed by atoms with Gasteiger partial charge in [0.2, 0.25) is 0 Å². The number of nitro groups is 1. The first kappa shape index (κ1) is 16.2. The molecule has 2 aromatic heterocycles. The summed E-state index contributed by atoms with van der Waals surface area (Å²) in [6, 6.07) is 5.91. The van der Waals surface area contributed by atoms with E-state index in [9.17, 15) is 10.1 Å². The highest BCUT2D eigenvalue weighted by molar-refractivity contribution is 7.13. The van der Waals surface area contributed by atoms with E-state index < -0.39 is 0 Å². The predicted octanol–water partition coefficient (Wildman–Crippen LogP) is 3.48. The van der Waals surface area contributed by atoms with Crippen LogP contribution >= 0.6 is 11.3 Å². The van der Waals surface area contributed by atoms with Gasteiger partial charge in [-0.15, -0.1) is 0 Å². The van der Waals surface area contributed by atoms with Crippen molar-refractivity contribution in [1.29, 1.82) is 0 Å². The zero-order valence-electron chi connectivity index (χ0n) is 13.2. The Morgan fingerprint density at radius 3 is 2.83 bits per heavy atom. The van der Waals surface area contributed by atoms with Crippen LogP contribution in [-0.4, -0.2) is 29.5 Å². The van der Waals surface area contributed by atoms with Crippen molar-refractivity contribution < 1.29 is 9.34 Å². The van der Waals surface area contributed by atoms with Gasteiger partial charge in [0.05, 0.1) is 11.0 Å². The van der Waals surface area contributed by atoms with Crippen LogP contribution in [0.5, 0.6) is 0 Å². The minimum Gasteiger partial charge on any atom is -0.465 e. The molecule has 1 saturated heterocycles. The molecule has 0 amide bonds. The maximum absolute atomic E-state index is 10.7. The lowest BCUT2D eigenvalue weighted by Crippen LogP contribution is -2.33. The third kappa shape index (κ3) is 3.99. The Morgan fingerprint density at radius 1 is 1.43 bits per heavy atom. The maximum Gasteiger partial charge on any atom is 0.324 e. The van der Waals surface area contributed by atoms with E-state index in [-0.39, 0.29) is 16.0 Å². The minimum atomic E-state index is -0.340. The third-order valence-corrected chi connectivity index (χ3v) is 5.09. The van der Waals surface area contributed by atoms with Gasteiger partial charge >= 0.3 is 5.00 Å². The van der Waals surface area contributed by atoms with Crippen molar-refractivity contribution in [1.82, 2.24) is 10.2 Å². The lowest BCUT2D eigenvalue weighted by molar-refractivity contribution is -0.380. The van der Waals surface area contributed by atoms with Crippen LogP contribution in [0.3, 0.4) is 0 Å². The van der Waals surface area contributed by atoms with Crippen molar-refractivity contribution in [3.63, 3.8) is 0 Å². The molecule has 1 aliphatic rings. The second-order valence-corrected chi connectivity index (χ2v) is 6.78. The van der Waals surface area contributed by atoms with Crippen molar-refractivity contribution in [2.24, 2.45) is 0 Å². The van der Waals surface area contributed by atoms with Gasteiger partial charge in [-0.1, -0.05) is 11.3 Å². The molecule has 2 aromatic rings. The van der Waals surface area contributed by atoms with E-state index in [4.69, 9.17) is 4.42 Å². The molecule has 3 heterocycles. The molecule has 0 aliphatic carbocycles. The molecule has 1 fully saturated rings. The number of nitrogens with zero attached hydrogens (tertiary/aromatic N) is 2. The van der Waals surface area contributed by atoms with E-state index in [0.29, 0.717) is 6.54 Å². The number of likely N-dealkylation sites (tertiary alicyclic amines) is 1. The number of rotatable bonds is 7. The highest BCUT2D eigenvalue weighted by Gasteiger charge is 2.25. The van der Waals surface area contributed by atoms with Gasteiger partial charge in [-0.25, -0.2) is 0 Å². The van der Waals surface area contributed by atoms with E-state index in [1.807, 2.05) is 18.4 Å². The summed E-state index contributed by atoms with van der Waals surface area (Å²) in [5.41, 5.74) is 0.956. The van der Waals surface area contributed by atoms with Crippen LogP contribution < -0.4 is 5.32 Å². The Kier molecular flexibility index (Phi) is 5.09. The van der Waals surface area contributed by atoms with Gasteiger partial charge in [0.15, 0.2) is 0 Å². The molecule has 0 spiro atoms. The standard InChI is InChI=1S/C16H21N3O3S/c1-12-4-5-15(22-12)14(18-6-2-3-7-18)10-17-9-13-8-16(19(20)21)23-11-13/h4-5,8,11,14,17H,2-3,6-7,9-10H2,1H3. The van der Waals surface area contributed by atoms with E-state index in [1.165, 1.54) is 24.2 Å². The lowest BCUT2D eigenvalue weighted by Gasteiger charge is -2.26. The number of aryl methyl sites for hydroxylation is 1. The van der Waals surface area contributed by atoms with Crippen LogP contribution in [0, 0.1) is 17.0 Å². The van der Waals surface area contributed by atoms with E-state index in [0.717, 1.165) is 36.7 Å². The molecule has 23 heavy (non-hydrogen) atoms. The first-order chi connectivity index (χ1) is 11.1. The quantitative estimate of drug-likeness (QED) is 0.619. The van der Waals surface area contributed by atoms with Gasteiger partial charge in [0.25, 0.3) is 0 Å². The van der Waals surface area contributed by atoms with E-state index >= 15 is 0 Å². The maximum atomic E-state index is 10.7. The van der Waals surface area contributed by atoms with Crippen molar-refractivity contribution >= 4 is 16.3 Å². The number of furan rings is 1. The summed E-state index contributed by atoms with van der Waals surface area (Å²) in [7, 11) is 0. The molecule has 1 atom stereocenters. The van der Waals surface area contributed by atoms with E-state index in [1.54, 1.807) is 6.07 Å². The first-order valence-corrected chi connectivity index (χ1v) is 8.74. The molecular formula is C16H21N3O3S. The summed E-state index contributed by atoms with van der Waals surface area (Å²) in [4.78, 5) is 12.8. The zero-order chi connectivity index (χ0) is 16.2. The normalized spacial score (nSPS) is 16.7. The molecule has 0 bridgehead atoms. The summed E-state index contributed by atoms with van der Waals surface area (Å²) in [6.07, 6.45) is 2.46. The molecule has 3 rings (SSSR count). The highest BCUT2D eigenvalue weighted by atomic mass is 32.1. The summed E-state index contributed by atoms with van der Waals surface area (Å²) in [5, 5.41) is 16.2. The fraction of sp³-hybridized carbons (Fsp3) is 0.500. The fourth-order valence-electron chi connectivity index (χ4n) is 3.00. The molecule has 7 heteroatoms. The lowest BCUT2D eigenvalue weighted by atomic mass is 10.2. The zero-order valence-corrected chi connectivity index (χ0v) is 14.0. The van der Waals surface area contributed by atoms with Crippen LogP contribution in [0.25, 0.3) is 0 Å². The number of hydrogen-bond acceptors (Lipinski definition) is 6. The molecule has 124 valence electrons. The van der Waals surface area contributed by atoms with Crippen LogP contribution in [0.4, 0.5) is 5.00 Å². The van der Waals surface area contributed by atoms with Gasteiger partial charge in [-0.05, 0) is 50.6 Å². The largest absolute Gasteiger partial charge is 0.465 e. The number of nitrogens with one attached hydrogen (secondary N) is 1. The van der Waals surface area contributed by atoms with Gasteiger partial charge in [-0.3, -0.25) is 15.0 Å². The van der Waals surface area contributed by atoms with Gasteiger partial charge in [0.1, 0.15) is 11.5 Å². The van der Waals surface area contributed by atoms with Crippen LogP contribution in [0.1, 0.15) is 36.0 Å². The van der Waals surface area contributed by atoms with Gasteiger partial charge in [-0.2, -0.15) is 0 Å². The number of thiophene rings is 1. The Balaban J connectivity index is 1.60. The second kappa shape index (κ2) is 7.25. The average molecular weight is 335 g/mol. The molecular weight excluding hydrogens is 314 g/mol. The van der Waals surface area contributed by atoms with Crippen molar-refractivity contribution in [2.75, 3.05) is 19.6 Å². The van der Waals surface area contributed by atoms with Crippen molar-refractivity contribution in [2.45, 2.75) is 32.4 Å². The summed E-state index contributed by atoms with van der Waals surface area (Å²) < 4.78 is 5.83. The Labute approximate surface area is 139 Å². The Morgan fingerprint density at radius 2 is 2.22 bits per heavy atom. The second-order valence-electron chi connectivity index (χ2n) is 5.89. The monoisotopic (exact) mass is 335 g/mol. The summed E-state index contributed by atoms with van der Waals surface area (Å²) in [5.74, 6) is 1.92. The molecule has 0 radical (unpaired) electrons. The van der Waals surface area contributed by atoms with E-state index in [2.05, 4.69) is 16.3 Å². The molecule has 0 saturated carbocycles. The van der Waals surface area contributed by atoms with Gasteiger partial charge in [0, 0.05) is 24.5 Å². The molecule has 1 N–H and O–H groups in total. The van der Waals surface area contributed by atoms with Crippen LogP contribution in [0.2, 0.25) is 0 Å². The smallest absolute Gasteiger partial charge is 0.324 e. The average Bonchev–Trinajstić information content (AvgIpc) is 3.25. The van der Waals surface area contributed by atoms with Crippen molar-refractivity contribution in [3.05, 3.63) is 50.8 Å². The van der Waals surface area contributed by atoms with Crippen molar-refractivity contribution in [3.8, 4) is 0 Å². The molecule has 0 aromatic carbocycles. The summed E-state index contributed by atoms with van der Waals surface area (Å²) >= 11 is 1.17. The fourth-order valence-corrected chi connectivity index (χ4v) is 3.73. The highest BCUT2D eigenvalue weighted by Crippen LogP contribution is 2.27. The minimum absolute atomic E-state index is 0.194. The molecule has 6 nitrogen and oxygen atoms in total. The molecule has 1 aliphatic heterocycles. The predicted molar refractivity (Wildman–Crippen MR) is 89.7 cm³/mol. The SMILES string of the molecule is Cc1ccc(C(CNCc2csc([N+](=O)[O-])c2)N2CCCC2)o1. The first-order valence-electron chi connectivity index (χ1n) is 7.86. The Hall–Kier alpha value is -1.70. The van der Waals surface area contributed by atoms with Crippen LogP contribution in [-0.2, 0) is 6.54 Å². The molecule has 1 unspecified atom stereocenters. The Bertz CT molecular complexity index is 661. The van der Waals surface area contributed by atoms with Gasteiger partial charge < -0.3 is 9.73 Å². The number of hydrogen-bond donors (Lipinski definition) is 1. The third-order valence-electron chi connectivity index (χ3n) is 4.16.